The minimum atomic E-state index is -0.0155. The number of rotatable bonds is 4. The van der Waals surface area contributed by atoms with Crippen LogP contribution in [0.5, 0.6) is 0 Å². The Morgan fingerprint density at radius 3 is 2.63 bits per heavy atom. The third-order valence-electron chi connectivity index (χ3n) is 2.79. The van der Waals surface area contributed by atoms with Crippen LogP contribution in [0, 0.1) is 5.41 Å². The van der Waals surface area contributed by atoms with Crippen molar-refractivity contribution in [1.29, 1.82) is 5.41 Å². The molecule has 0 spiro atoms. The molecule has 0 saturated heterocycles. The van der Waals surface area contributed by atoms with Gasteiger partial charge in [-0.05, 0) is 29.8 Å². The van der Waals surface area contributed by atoms with Crippen molar-refractivity contribution in [3.05, 3.63) is 58.3 Å². The molecule has 1 heterocycles. The quantitative estimate of drug-likeness (QED) is 0.673. The van der Waals surface area contributed by atoms with E-state index >= 15 is 0 Å². The second kappa shape index (κ2) is 5.84. The summed E-state index contributed by atoms with van der Waals surface area (Å²) in [5.74, 6) is -0.0155. The van der Waals surface area contributed by atoms with E-state index in [2.05, 4.69) is 33.0 Å². The third-order valence-corrected chi connectivity index (χ3v) is 3.31. The fourth-order valence-corrected chi connectivity index (χ4v) is 2.13. The SMILES string of the molecule is CN(Cc1ccc(Br)cc1)c1cccnc1C(=N)N. The van der Waals surface area contributed by atoms with Crippen LogP contribution in [0.15, 0.2) is 47.1 Å². The molecule has 2 aromatic rings. The average Bonchev–Trinajstić information content (AvgIpc) is 2.41. The van der Waals surface area contributed by atoms with Gasteiger partial charge in [0.1, 0.15) is 11.5 Å². The highest BCUT2D eigenvalue weighted by atomic mass is 79.9. The zero-order chi connectivity index (χ0) is 13.8. The van der Waals surface area contributed by atoms with Gasteiger partial charge < -0.3 is 10.6 Å². The number of pyridine rings is 1. The first-order chi connectivity index (χ1) is 9.08. The van der Waals surface area contributed by atoms with Gasteiger partial charge in [0.2, 0.25) is 0 Å². The van der Waals surface area contributed by atoms with Crippen molar-refractivity contribution in [3.8, 4) is 0 Å². The molecule has 1 aromatic heterocycles. The maximum Gasteiger partial charge on any atom is 0.143 e. The fraction of sp³-hybridized carbons (Fsp3) is 0.143. The molecule has 0 saturated carbocycles. The number of hydrogen-bond acceptors (Lipinski definition) is 3. The standard InChI is InChI=1S/C14H15BrN4/c1-19(9-10-4-6-11(15)7-5-10)12-3-2-8-18-13(12)14(16)17/h2-8H,9H2,1H3,(H3,16,17). The Labute approximate surface area is 120 Å². The highest BCUT2D eigenvalue weighted by Crippen LogP contribution is 2.19. The molecular formula is C14H15BrN4. The Kier molecular flexibility index (Phi) is 4.16. The first kappa shape index (κ1) is 13.5. The Balaban J connectivity index is 2.22. The number of amidine groups is 1. The lowest BCUT2D eigenvalue weighted by atomic mass is 10.2. The van der Waals surface area contributed by atoms with E-state index in [9.17, 15) is 0 Å². The molecule has 19 heavy (non-hydrogen) atoms. The van der Waals surface area contributed by atoms with Crippen molar-refractivity contribution in [2.45, 2.75) is 6.54 Å². The number of nitrogens with zero attached hydrogens (tertiary/aromatic N) is 2. The minimum absolute atomic E-state index is 0.0155. The fourth-order valence-electron chi connectivity index (χ4n) is 1.86. The molecule has 0 aliphatic heterocycles. The molecule has 0 atom stereocenters. The van der Waals surface area contributed by atoms with Crippen molar-refractivity contribution in [1.82, 2.24) is 4.98 Å². The summed E-state index contributed by atoms with van der Waals surface area (Å²) in [5.41, 5.74) is 8.11. The number of nitrogen functional groups attached to an aromatic ring is 1. The Hall–Kier alpha value is -1.88. The van der Waals surface area contributed by atoms with Crippen LogP contribution in [0.3, 0.4) is 0 Å². The van der Waals surface area contributed by atoms with E-state index in [4.69, 9.17) is 11.1 Å². The second-order valence-corrected chi connectivity index (χ2v) is 5.18. The number of benzene rings is 1. The van der Waals surface area contributed by atoms with Crippen LogP contribution in [0.25, 0.3) is 0 Å². The molecule has 0 unspecified atom stereocenters. The highest BCUT2D eigenvalue weighted by molar-refractivity contribution is 9.10. The molecule has 0 radical (unpaired) electrons. The maximum absolute atomic E-state index is 7.56. The zero-order valence-electron chi connectivity index (χ0n) is 10.6. The van der Waals surface area contributed by atoms with E-state index in [-0.39, 0.29) is 5.84 Å². The van der Waals surface area contributed by atoms with Gasteiger partial charge >= 0.3 is 0 Å². The smallest absolute Gasteiger partial charge is 0.143 e. The number of hydrogen-bond donors (Lipinski definition) is 2. The summed E-state index contributed by atoms with van der Waals surface area (Å²) in [4.78, 5) is 6.19. The maximum atomic E-state index is 7.56. The Morgan fingerprint density at radius 2 is 2.00 bits per heavy atom. The first-order valence-corrected chi connectivity index (χ1v) is 6.62. The van der Waals surface area contributed by atoms with Gasteiger partial charge in [0, 0.05) is 24.3 Å². The summed E-state index contributed by atoms with van der Waals surface area (Å²) in [6.45, 7) is 0.735. The summed E-state index contributed by atoms with van der Waals surface area (Å²) in [6, 6.07) is 11.9. The average molecular weight is 319 g/mol. The third kappa shape index (κ3) is 3.32. The van der Waals surface area contributed by atoms with Gasteiger partial charge in [-0.2, -0.15) is 0 Å². The van der Waals surface area contributed by atoms with E-state index in [1.54, 1.807) is 6.20 Å². The van der Waals surface area contributed by atoms with Crippen molar-refractivity contribution < 1.29 is 0 Å². The molecule has 98 valence electrons. The molecule has 0 bridgehead atoms. The topological polar surface area (TPSA) is 66.0 Å². The van der Waals surface area contributed by atoms with Crippen molar-refractivity contribution in [2.24, 2.45) is 5.73 Å². The predicted molar refractivity (Wildman–Crippen MR) is 81.5 cm³/mol. The summed E-state index contributed by atoms with van der Waals surface area (Å²) in [6.07, 6.45) is 1.65. The molecule has 3 N–H and O–H groups in total. The van der Waals surface area contributed by atoms with E-state index in [0.717, 1.165) is 16.7 Å². The number of halogens is 1. The molecule has 0 aliphatic rings. The molecule has 0 aliphatic carbocycles. The Morgan fingerprint density at radius 1 is 1.32 bits per heavy atom. The van der Waals surface area contributed by atoms with E-state index < -0.39 is 0 Å². The predicted octanol–water partition coefficient (Wildman–Crippen LogP) is 2.76. The number of nitrogens with two attached hydrogens (primary N) is 1. The lowest BCUT2D eigenvalue weighted by Gasteiger charge is -2.21. The molecule has 0 amide bonds. The van der Waals surface area contributed by atoms with Crippen LogP contribution in [-0.2, 0) is 6.54 Å². The lowest BCUT2D eigenvalue weighted by molar-refractivity contribution is 0.914. The normalized spacial score (nSPS) is 10.2. The van der Waals surface area contributed by atoms with Gasteiger partial charge in [0.15, 0.2) is 0 Å². The van der Waals surface area contributed by atoms with E-state index in [1.165, 1.54) is 5.56 Å². The molecule has 1 aromatic carbocycles. The van der Waals surface area contributed by atoms with Crippen LogP contribution < -0.4 is 10.6 Å². The summed E-state index contributed by atoms with van der Waals surface area (Å²) >= 11 is 3.42. The number of anilines is 1. The van der Waals surface area contributed by atoms with E-state index in [1.807, 2.05) is 36.2 Å². The van der Waals surface area contributed by atoms with Gasteiger partial charge in [-0.3, -0.25) is 10.4 Å². The van der Waals surface area contributed by atoms with Crippen LogP contribution in [0.4, 0.5) is 5.69 Å². The summed E-state index contributed by atoms with van der Waals surface area (Å²) < 4.78 is 1.06. The van der Waals surface area contributed by atoms with Gasteiger partial charge in [0.05, 0.1) is 5.69 Å². The second-order valence-electron chi connectivity index (χ2n) is 4.27. The Bertz CT molecular complexity index is 580. The van der Waals surface area contributed by atoms with Crippen LogP contribution in [0.2, 0.25) is 0 Å². The van der Waals surface area contributed by atoms with Crippen LogP contribution in [-0.4, -0.2) is 17.9 Å². The number of aromatic nitrogens is 1. The van der Waals surface area contributed by atoms with Gasteiger partial charge in [-0.15, -0.1) is 0 Å². The molecular weight excluding hydrogens is 304 g/mol. The molecule has 5 heteroatoms. The van der Waals surface area contributed by atoms with Crippen LogP contribution in [0.1, 0.15) is 11.3 Å². The summed E-state index contributed by atoms with van der Waals surface area (Å²) in [7, 11) is 1.96. The van der Waals surface area contributed by atoms with E-state index in [0.29, 0.717) is 5.69 Å². The van der Waals surface area contributed by atoms with Gasteiger partial charge in [-0.25, -0.2) is 0 Å². The molecule has 2 rings (SSSR count). The monoisotopic (exact) mass is 318 g/mol. The molecule has 0 fully saturated rings. The summed E-state index contributed by atoms with van der Waals surface area (Å²) in [5, 5.41) is 7.56. The zero-order valence-corrected chi connectivity index (χ0v) is 12.2. The lowest BCUT2D eigenvalue weighted by Crippen LogP contribution is -2.23. The number of nitrogens with one attached hydrogen (secondary N) is 1. The van der Waals surface area contributed by atoms with Crippen LogP contribution >= 0.6 is 15.9 Å². The largest absolute Gasteiger partial charge is 0.382 e. The van der Waals surface area contributed by atoms with Crippen molar-refractivity contribution >= 4 is 27.5 Å². The van der Waals surface area contributed by atoms with Crippen molar-refractivity contribution in [3.63, 3.8) is 0 Å². The highest BCUT2D eigenvalue weighted by Gasteiger charge is 2.10. The minimum Gasteiger partial charge on any atom is -0.382 e. The first-order valence-electron chi connectivity index (χ1n) is 5.83. The van der Waals surface area contributed by atoms with Gasteiger partial charge in [0.25, 0.3) is 0 Å². The molecule has 4 nitrogen and oxygen atoms in total. The van der Waals surface area contributed by atoms with Gasteiger partial charge in [-0.1, -0.05) is 28.1 Å². The van der Waals surface area contributed by atoms with Crippen molar-refractivity contribution in [2.75, 3.05) is 11.9 Å².